The van der Waals surface area contributed by atoms with Gasteiger partial charge in [0, 0.05) is 14.6 Å². The number of nitrogens with one attached hydrogen (secondary N) is 1. The molecule has 2 N–H and O–H groups in total. The minimum absolute atomic E-state index is 0.0823. The summed E-state index contributed by atoms with van der Waals surface area (Å²) in [6, 6.07) is 19.2. The van der Waals surface area contributed by atoms with Crippen LogP contribution in [0.1, 0.15) is 18.1 Å². The van der Waals surface area contributed by atoms with Crippen LogP contribution in [0.3, 0.4) is 0 Å². The predicted octanol–water partition coefficient (Wildman–Crippen LogP) is 6.44. The molecule has 6 nitrogen and oxygen atoms in total. The van der Waals surface area contributed by atoms with Crippen LogP contribution >= 0.6 is 31.9 Å². The lowest BCUT2D eigenvalue weighted by Crippen LogP contribution is -2.13. The number of rotatable bonds is 8. The highest BCUT2D eigenvalue weighted by Gasteiger charge is 2.14. The molecule has 0 saturated heterocycles. The summed E-state index contributed by atoms with van der Waals surface area (Å²) in [5.74, 6) is 0.554. The molecular weight excluding hydrogens is 552 g/mol. The van der Waals surface area contributed by atoms with Crippen molar-refractivity contribution in [2.75, 3.05) is 11.9 Å². The molecule has 3 rings (SSSR count). The minimum atomic E-state index is -0.566. The summed E-state index contributed by atoms with van der Waals surface area (Å²) in [6.45, 7) is 2.64. The Balaban J connectivity index is 1.83. The maximum Gasteiger partial charge on any atom is 0.266 e. The van der Waals surface area contributed by atoms with E-state index in [9.17, 15) is 15.2 Å². The summed E-state index contributed by atoms with van der Waals surface area (Å²) in [5.41, 5.74) is 1.96. The van der Waals surface area contributed by atoms with Crippen molar-refractivity contribution >= 4 is 49.5 Å². The summed E-state index contributed by atoms with van der Waals surface area (Å²) >= 11 is 6.91. The fourth-order valence-corrected chi connectivity index (χ4v) is 3.53. The van der Waals surface area contributed by atoms with Gasteiger partial charge in [0.05, 0.1) is 6.61 Å². The van der Waals surface area contributed by atoms with Crippen molar-refractivity contribution in [1.82, 2.24) is 0 Å². The van der Waals surface area contributed by atoms with Gasteiger partial charge in [-0.1, -0.05) is 44.0 Å². The van der Waals surface area contributed by atoms with Crippen molar-refractivity contribution in [3.63, 3.8) is 0 Å². The number of carbonyl (C=O) groups is 1. The molecule has 0 bridgehead atoms. The van der Waals surface area contributed by atoms with E-state index in [2.05, 4.69) is 37.2 Å². The third kappa shape index (κ3) is 6.85. The SMILES string of the molecule is CCOc1cc(/C=C(\C#N)C(=O)Nc2ccc(O)cc2)c(Br)cc1OCc1ccc(Br)cc1. The van der Waals surface area contributed by atoms with E-state index >= 15 is 0 Å². The van der Waals surface area contributed by atoms with Gasteiger partial charge >= 0.3 is 0 Å². The number of phenols is 1. The van der Waals surface area contributed by atoms with E-state index in [4.69, 9.17) is 9.47 Å². The Morgan fingerprint density at radius 1 is 1.06 bits per heavy atom. The molecule has 0 aliphatic heterocycles. The number of hydrogen-bond donors (Lipinski definition) is 2. The summed E-state index contributed by atoms with van der Waals surface area (Å²) in [7, 11) is 0. The Morgan fingerprint density at radius 2 is 1.73 bits per heavy atom. The molecule has 33 heavy (non-hydrogen) atoms. The van der Waals surface area contributed by atoms with Crippen LogP contribution in [0, 0.1) is 11.3 Å². The van der Waals surface area contributed by atoms with E-state index in [1.54, 1.807) is 24.3 Å². The van der Waals surface area contributed by atoms with E-state index in [0.29, 0.717) is 40.4 Å². The second-order valence-electron chi connectivity index (χ2n) is 6.84. The number of aromatic hydroxyl groups is 1. The highest BCUT2D eigenvalue weighted by molar-refractivity contribution is 9.10. The molecule has 0 radical (unpaired) electrons. The molecule has 0 unspecified atom stereocenters. The van der Waals surface area contributed by atoms with E-state index in [-0.39, 0.29) is 11.3 Å². The Labute approximate surface area is 208 Å². The van der Waals surface area contributed by atoms with Crippen LogP contribution in [0.5, 0.6) is 17.2 Å². The van der Waals surface area contributed by atoms with Crippen LogP contribution in [0.15, 0.2) is 75.2 Å². The third-order valence-corrected chi connectivity index (χ3v) is 5.68. The first-order valence-corrected chi connectivity index (χ1v) is 11.5. The monoisotopic (exact) mass is 570 g/mol. The van der Waals surface area contributed by atoms with Crippen molar-refractivity contribution in [1.29, 1.82) is 5.26 Å². The number of phenolic OH excluding ortho intramolecular Hbond substituents is 1. The van der Waals surface area contributed by atoms with Gasteiger partial charge in [-0.25, -0.2) is 0 Å². The van der Waals surface area contributed by atoms with Crippen LogP contribution in [0.25, 0.3) is 6.08 Å². The maximum absolute atomic E-state index is 12.6. The fourth-order valence-electron chi connectivity index (χ4n) is 2.83. The lowest BCUT2D eigenvalue weighted by Gasteiger charge is -2.14. The zero-order valence-electron chi connectivity index (χ0n) is 17.6. The molecule has 3 aromatic rings. The summed E-state index contributed by atoms with van der Waals surface area (Å²) in [4.78, 5) is 12.6. The number of nitrogens with zero attached hydrogens (tertiary/aromatic N) is 1. The molecule has 0 aliphatic carbocycles. The van der Waals surface area contributed by atoms with Crippen molar-refractivity contribution < 1.29 is 19.4 Å². The molecule has 0 heterocycles. The summed E-state index contributed by atoms with van der Waals surface area (Å²) in [5, 5.41) is 21.5. The Bertz CT molecular complexity index is 1200. The number of carbonyl (C=O) groups excluding carboxylic acids is 1. The van der Waals surface area contributed by atoms with Gasteiger partial charge in [-0.2, -0.15) is 5.26 Å². The molecule has 0 aliphatic rings. The topological polar surface area (TPSA) is 91.6 Å². The predicted molar refractivity (Wildman–Crippen MR) is 134 cm³/mol. The zero-order chi connectivity index (χ0) is 23.8. The molecular formula is C25H20Br2N2O4. The van der Waals surface area contributed by atoms with Gasteiger partial charge in [0.1, 0.15) is 24.0 Å². The van der Waals surface area contributed by atoms with Gasteiger partial charge in [0.15, 0.2) is 11.5 Å². The minimum Gasteiger partial charge on any atom is -0.508 e. The lowest BCUT2D eigenvalue weighted by atomic mass is 10.1. The molecule has 1 amide bonds. The third-order valence-electron chi connectivity index (χ3n) is 4.46. The van der Waals surface area contributed by atoms with Crippen LogP contribution in [0.2, 0.25) is 0 Å². The van der Waals surface area contributed by atoms with E-state index < -0.39 is 5.91 Å². The van der Waals surface area contributed by atoms with Crippen molar-refractivity contribution in [3.8, 4) is 23.3 Å². The molecule has 168 valence electrons. The fraction of sp³-hybridized carbons (Fsp3) is 0.120. The molecule has 3 aromatic carbocycles. The number of hydrogen-bond acceptors (Lipinski definition) is 5. The van der Waals surface area contributed by atoms with Gasteiger partial charge in [-0.15, -0.1) is 0 Å². The lowest BCUT2D eigenvalue weighted by molar-refractivity contribution is -0.112. The average Bonchev–Trinajstić information content (AvgIpc) is 2.80. The van der Waals surface area contributed by atoms with Crippen molar-refractivity contribution in [3.05, 3.63) is 86.3 Å². The van der Waals surface area contributed by atoms with E-state index in [1.165, 1.54) is 18.2 Å². The Morgan fingerprint density at radius 3 is 2.36 bits per heavy atom. The van der Waals surface area contributed by atoms with Crippen LogP contribution in [0.4, 0.5) is 5.69 Å². The first kappa shape index (κ1) is 24.4. The van der Waals surface area contributed by atoms with E-state index in [0.717, 1.165) is 10.0 Å². The second-order valence-corrected chi connectivity index (χ2v) is 8.61. The Kier molecular flexibility index (Phi) is 8.52. The molecule has 0 spiro atoms. The number of nitriles is 1. The first-order valence-electron chi connectivity index (χ1n) is 9.95. The highest BCUT2D eigenvalue weighted by atomic mass is 79.9. The van der Waals surface area contributed by atoms with Gasteiger partial charge in [-0.05, 0) is 72.7 Å². The van der Waals surface area contributed by atoms with Gasteiger partial charge < -0.3 is 19.9 Å². The normalized spacial score (nSPS) is 10.9. The summed E-state index contributed by atoms with van der Waals surface area (Å²) in [6.07, 6.45) is 1.47. The number of ether oxygens (including phenoxy) is 2. The second kappa shape index (κ2) is 11.5. The van der Waals surface area contributed by atoms with Gasteiger partial charge in [-0.3, -0.25) is 4.79 Å². The standard InChI is InChI=1S/C25H20Br2N2O4/c1-2-32-23-12-17(11-18(14-28)25(31)29-20-7-9-21(30)10-8-20)22(27)13-24(23)33-15-16-3-5-19(26)6-4-16/h3-13,30H,2,15H2,1H3,(H,29,31)/b18-11+. The average molecular weight is 572 g/mol. The van der Waals surface area contributed by atoms with E-state index in [1.807, 2.05) is 37.3 Å². The zero-order valence-corrected chi connectivity index (χ0v) is 20.8. The van der Waals surface area contributed by atoms with Crippen LogP contribution < -0.4 is 14.8 Å². The quantitative estimate of drug-likeness (QED) is 0.184. The number of halogens is 2. The number of benzene rings is 3. The van der Waals surface area contributed by atoms with Crippen LogP contribution in [-0.2, 0) is 11.4 Å². The molecule has 0 aromatic heterocycles. The van der Waals surface area contributed by atoms with Crippen molar-refractivity contribution in [2.45, 2.75) is 13.5 Å². The molecule has 0 atom stereocenters. The maximum atomic E-state index is 12.6. The van der Waals surface area contributed by atoms with Crippen LogP contribution in [-0.4, -0.2) is 17.6 Å². The molecule has 0 fully saturated rings. The molecule has 0 saturated carbocycles. The summed E-state index contributed by atoms with van der Waals surface area (Å²) < 4.78 is 13.3. The number of amides is 1. The molecule has 8 heteroatoms. The van der Waals surface area contributed by atoms with Gasteiger partial charge in [0.2, 0.25) is 0 Å². The first-order chi connectivity index (χ1) is 15.9. The highest BCUT2D eigenvalue weighted by Crippen LogP contribution is 2.35. The van der Waals surface area contributed by atoms with Gasteiger partial charge in [0.25, 0.3) is 5.91 Å². The number of anilines is 1. The smallest absolute Gasteiger partial charge is 0.266 e. The largest absolute Gasteiger partial charge is 0.508 e. The van der Waals surface area contributed by atoms with Crippen molar-refractivity contribution in [2.24, 2.45) is 0 Å². The Hall–Kier alpha value is -3.28.